The highest BCUT2D eigenvalue weighted by atomic mass is 15.0. The fraction of sp³-hybridized carbons (Fsp3) is 1.00. The zero-order valence-corrected chi connectivity index (χ0v) is 7.32. The van der Waals surface area contributed by atoms with Crippen LogP contribution in [0.5, 0.6) is 0 Å². The summed E-state index contributed by atoms with van der Waals surface area (Å²) < 4.78 is 0. The summed E-state index contributed by atoms with van der Waals surface area (Å²) >= 11 is 0. The molecule has 64 valence electrons. The first-order chi connectivity index (χ1) is 5.29. The van der Waals surface area contributed by atoms with Gasteiger partial charge in [0.05, 0.1) is 0 Å². The van der Waals surface area contributed by atoms with E-state index in [2.05, 4.69) is 17.6 Å². The fourth-order valence-corrected chi connectivity index (χ4v) is 1.46. The van der Waals surface area contributed by atoms with E-state index >= 15 is 0 Å². The van der Waals surface area contributed by atoms with E-state index in [-0.39, 0.29) is 0 Å². The first kappa shape index (κ1) is 7.56. The molecule has 1 aliphatic heterocycles. The Labute approximate surface area is 68.7 Å². The quantitative estimate of drug-likeness (QED) is 0.619. The number of nitrogens with one attached hydrogen (secondary N) is 2. The normalized spacial score (nSPS) is 28.1. The van der Waals surface area contributed by atoms with E-state index in [1.165, 1.54) is 39.0 Å². The first-order valence-electron chi connectivity index (χ1n) is 4.70. The lowest BCUT2D eigenvalue weighted by atomic mass is 10.0. The summed E-state index contributed by atoms with van der Waals surface area (Å²) in [4.78, 5) is 0. The third-order valence-corrected chi connectivity index (χ3v) is 2.95. The Morgan fingerprint density at radius 3 is 2.64 bits per heavy atom. The Bertz CT molecular complexity index is 136. The van der Waals surface area contributed by atoms with Crippen LogP contribution in [0, 0.1) is 11.3 Å². The molecule has 11 heavy (non-hydrogen) atoms. The van der Waals surface area contributed by atoms with Crippen molar-refractivity contribution >= 4 is 0 Å². The molecule has 2 aliphatic rings. The van der Waals surface area contributed by atoms with E-state index < -0.39 is 0 Å². The van der Waals surface area contributed by atoms with Gasteiger partial charge in [0, 0.05) is 26.2 Å². The minimum Gasteiger partial charge on any atom is -0.316 e. The van der Waals surface area contributed by atoms with Crippen molar-refractivity contribution in [2.45, 2.75) is 19.8 Å². The molecule has 1 saturated heterocycles. The zero-order valence-electron chi connectivity index (χ0n) is 7.32. The third-order valence-electron chi connectivity index (χ3n) is 2.95. The number of hydrogen-bond donors (Lipinski definition) is 2. The molecule has 1 heterocycles. The molecule has 0 aromatic heterocycles. The molecule has 0 radical (unpaired) electrons. The average molecular weight is 154 g/mol. The molecule has 0 unspecified atom stereocenters. The fourth-order valence-electron chi connectivity index (χ4n) is 1.46. The lowest BCUT2D eigenvalue weighted by Crippen LogP contribution is -2.47. The summed E-state index contributed by atoms with van der Waals surface area (Å²) in [5.74, 6) is 0.914. The largest absolute Gasteiger partial charge is 0.316 e. The van der Waals surface area contributed by atoms with Crippen molar-refractivity contribution in [3.8, 4) is 0 Å². The van der Waals surface area contributed by atoms with E-state index in [9.17, 15) is 0 Å². The van der Waals surface area contributed by atoms with Gasteiger partial charge < -0.3 is 10.6 Å². The molecule has 0 atom stereocenters. The van der Waals surface area contributed by atoms with Gasteiger partial charge in [-0.15, -0.1) is 0 Å². The molecule has 0 aromatic carbocycles. The van der Waals surface area contributed by atoms with Crippen LogP contribution in [0.3, 0.4) is 0 Å². The maximum absolute atomic E-state index is 3.55. The molecule has 1 aliphatic carbocycles. The Hall–Kier alpha value is -0.0800. The van der Waals surface area contributed by atoms with Gasteiger partial charge in [0.25, 0.3) is 0 Å². The highest BCUT2D eigenvalue weighted by Crippen LogP contribution is 2.43. The lowest BCUT2D eigenvalue weighted by molar-refractivity contribution is 0.322. The smallest absolute Gasteiger partial charge is 0.000530 e. The van der Waals surface area contributed by atoms with E-state index in [1.807, 2.05) is 0 Å². The highest BCUT2D eigenvalue weighted by molar-refractivity contribution is 4.90. The Kier molecular flexibility index (Phi) is 1.90. The van der Waals surface area contributed by atoms with E-state index in [1.54, 1.807) is 0 Å². The number of rotatable bonds is 4. The molecule has 0 spiro atoms. The van der Waals surface area contributed by atoms with Crippen molar-refractivity contribution in [3.63, 3.8) is 0 Å². The second kappa shape index (κ2) is 2.76. The monoisotopic (exact) mass is 154 g/mol. The van der Waals surface area contributed by atoms with Crippen LogP contribution in [0.4, 0.5) is 0 Å². The molecular weight excluding hydrogens is 136 g/mol. The molecule has 2 N–H and O–H groups in total. The van der Waals surface area contributed by atoms with Crippen molar-refractivity contribution in [2.75, 3.05) is 26.2 Å². The summed E-state index contributed by atoms with van der Waals surface area (Å²) in [5, 5.41) is 6.83. The highest BCUT2D eigenvalue weighted by Gasteiger charge is 2.36. The van der Waals surface area contributed by atoms with Crippen molar-refractivity contribution < 1.29 is 0 Å². The van der Waals surface area contributed by atoms with Crippen LogP contribution < -0.4 is 10.6 Å². The molecule has 2 rings (SSSR count). The maximum Gasteiger partial charge on any atom is 0.000530 e. The van der Waals surface area contributed by atoms with Crippen LogP contribution >= 0.6 is 0 Å². The molecular formula is C9H18N2. The maximum atomic E-state index is 3.55. The van der Waals surface area contributed by atoms with Gasteiger partial charge in [-0.25, -0.2) is 0 Å². The molecule has 1 saturated carbocycles. The van der Waals surface area contributed by atoms with Gasteiger partial charge in [-0.2, -0.15) is 0 Å². The van der Waals surface area contributed by atoms with Gasteiger partial charge in [0.15, 0.2) is 0 Å². The standard InChI is InChI=1S/C9H18N2/c1-9(2-3-9)7-11-6-8-4-10-5-8/h8,10-11H,2-7H2,1H3. The Balaban J connectivity index is 1.53. The van der Waals surface area contributed by atoms with Crippen molar-refractivity contribution in [2.24, 2.45) is 11.3 Å². The predicted molar refractivity (Wildman–Crippen MR) is 46.6 cm³/mol. The zero-order chi connectivity index (χ0) is 7.73. The molecule has 0 amide bonds. The minimum absolute atomic E-state index is 0.678. The van der Waals surface area contributed by atoms with E-state index in [0.717, 1.165) is 5.92 Å². The molecule has 2 fully saturated rings. The van der Waals surface area contributed by atoms with Crippen LogP contribution in [0.1, 0.15) is 19.8 Å². The molecule has 0 aromatic rings. The van der Waals surface area contributed by atoms with Crippen molar-refractivity contribution in [1.29, 1.82) is 0 Å². The Morgan fingerprint density at radius 2 is 2.18 bits per heavy atom. The van der Waals surface area contributed by atoms with Gasteiger partial charge in [-0.1, -0.05) is 6.92 Å². The molecule has 2 nitrogen and oxygen atoms in total. The third kappa shape index (κ3) is 1.94. The van der Waals surface area contributed by atoms with Gasteiger partial charge in [0.1, 0.15) is 0 Å². The topological polar surface area (TPSA) is 24.1 Å². The average Bonchev–Trinajstić information content (AvgIpc) is 2.57. The van der Waals surface area contributed by atoms with Crippen LogP contribution in [0.15, 0.2) is 0 Å². The number of hydrogen-bond acceptors (Lipinski definition) is 2. The molecule has 0 bridgehead atoms. The summed E-state index contributed by atoms with van der Waals surface area (Å²) in [6, 6.07) is 0. The van der Waals surface area contributed by atoms with E-state index in [4.69, 9.17) is 0 Å². The summed E-state index contributed by atoms with van der Waals surface area (Å²) in [6.45, 7) is 7.29. The first-order valence-corrected chi connectivity index (χ1v) is 4.70. The van der Waals surface area contributed by atoms with Crippen LogP contribution in [-0.2, 0) is 0 Å². The SMILES string of the molecule is CC1(CNCC2CNC2)CC1. The Morgan fingerprint density at radius 1 is 1.45 bits per heavy atom. The van der Waals surface area contributed by atoms with Crippen LogP contribution in [-0.4, -0.2) is 26.2 Å². The second-order valence-corrected chi connectivity index (χ2v) is 4.47. The van der Waals surface area contributed by atoms with Crippen molar-refractivity contribution in [1.82, 2.24) is 10.6 Å². The summed E-state index contributed by atoms with van der Waals surface area (Å²) in [5.41, 5.74) is 0.678. The minimum atomic E-state index is 0.678. The second-order valence-electron chi connectivity index (χ2n) is 4.47. The molecule has 2 heteroatoms. The summed E-state index contributed by atoms with van der Waals surface area (Å²) in [7, 11) is 0. The van der Waals surface area contributed by atoms with Gasteiger partial charge >= 0.3 is 0 Å². The van der Waals surface area contributed by atoms with Gasteiger partial charge in [-0.05, 0) is 24.2 Å². The van der Waals surface area contributed by atoms with Gasteiger partial charge in [-0.3, -0.25) is 0 Å². The van der Waals surface area contributed by atoms with Crippen molar-refractivity contribution in [3.05, 3.63) is 0 Å². The van der Waals surface area contributed by atoms with Crippen LogP contribution in [0.2, 0.25) is 0 Å². The van der Waals surface area contributed by atoms with Gasteiger partial charge in [0.2, 0.25) is 0 Å². The summed E-state index contributed by atoms with van der Waals surface area (Å²) in [6.07, 6.45) is 2.87. The predicted octanol–water partition coefficient (Wildman–Crippen LogP) is 0.595. The van der Waals surface area contributed by atoms with Crippen LogP contribution in [0.25, 0.3) is 0 Å². The lowest BCUT2D eigenvalue weighted by Gasteiger charge is -2.27. The van der Waals surface area contributed by atoms with E-state index in [0.29, 0.717) is 5.41 Å².